The molecule has 1 fully saturated rings. The molecular weight excluding hydrogens is 246 g/mol. The summed E-state index contributed by atoms with van der Waals surface area (Å²) in [7, 11) is 0. The van der Waals surface area contributed by atoms with E-state index in [9.17, 15) is 5.26 Å². The standard InChI is InChI=1S/C12H13N5S/c13-5-8-3-1-2-4-9(8)18-12-10-11(15-6-14-10)16-7-17-12/h6-9H,1-4H2,(H,14,15,16,17). The number of imidazole rings is 1. The van der Waals surface area contributed by atoms with Gasteiger partial charge in [-0.25, -0.2) is 15.0 Å². The van der Waals surface area contributed by atoms with Crippen molar-refractivity contribution in [3.8, 4) is 6.07 Å². The Bertz CT molecular complexity index is 587. The summed E-state index contributed by atoms with van der Waals surface area (Å²) >= 11 is 1.69. The Morgan fingerprint density at radius 2 is 2.17 bits per heavy atom. The first-order valence-corrected chi connectivity index (χ1v) is 6.97. The summed E-state index contributed by atoms with van der Waals surface area (Å²) in [5.41, 5.74) is 1.57. The minimum absolute atomic E-state index is 0.136. The maximum Gasteiger partial charge on any atom is 0.181 e. The van der Waals surface area contributed by atoms with E-state index in [0.29, 0.717) is 10.9 Å². The number of fused-ring (bicyclic) bond motifs is 1. The normalized spacial score (nSPS) is 23.9. The topological polar surface area (TPSA) is 78.2 Å². The minimum Gasteiger partial charge on any atom is -0.341 e. The van der Waals surface area contributed by atoms with E-state index in [4.69, 9.17) is 0 Å². The molecule has 0 bridgehead atoms. The first-order valence-electron chi connectivity index (χ1n) is 6.09. The molecule has 2 aromatic heterocycles. The zero-order chi connectivity index (χ0) is 12.4. The van der Waals surface area contributed by atoms with Crippen molar-refractivity contribution in [2.24, 2.45) is 5.92 Å². The van der Waals surface area contributed by atoms with Gasteiger partial charge in [0.1, 0.15) is 16.9 Å². The van der Waals surface area contributed by atoms with Crippen LogP contribution in [0.15, 0.2) is 17.7 Å². The quantitative estimate of drug-likeness (QED) is 0.838. The molecule has 1 aliphatic carbocycles. The van der Waals surface area contributed by atoms with E-state index >= 15 is 0 Å². The van der Waals surface area contributed by atoms with Crippen molar-refractivity contribution in [1.29, 1.82) is 5.26 Å². The molecule has 0 amide bonds. The highest BCUT2D eigenvalue weighted by Gasteiger charge is 2.27. The molecule has 0 spiro atoms. The Morgan fingerprint density at radius 3 is 3.06 bits per heavy atom. The van der Waals surface area contributed by atoms with Crippen molar-refractivity contribution in [3.05, 3.63) is 12.7 Å². The van der Waals surface area contributed by atoms with Crippen molar-refractivity contribution in [2.45, 2.75) is 36.0 Å². The smallest absolute Gasteiger partial charge is 0.181 e. The molecule has 0 aliphatic heterocycles. The summed E-state index contributed by atoms with van der Waals surface area (Å²) in [4.78, 5) is 15.6. The minimum atomic E-state index is 0.136. The summed E-state index contributed by atoms with van der Waals surface area (Å²) in [5, 5.41) is 10.4. The number of thioether (sulfide) groups is 1. The van der Waals surface area contributed by atoms with Crippen LogP contribution >= 0.6 is 11.8 Å². The van der Waals surface area contributed by atoms with Gasteiger partial charge in [0.2, 0.25) is 0 Å². The molecular formula is C12H13N5S. The number of rotatable bonds is 2. The number of hydrogen-bond acceptors (Lipinski definition) is 5. The fourth-order valence-corrected chi connectivity index (χ4v) is 3.67. The van der Waals surface area contributed by atoms with Gasteiger partial charge in [0.15, 0.2) is 5.65 Å². The van der Waals surface area contributed by atoms with Crippen molar-refractivity contribution < 1.29 is 0 Å². The van der Waals surface area contributed by atoms with E-state index in [1.165, 1.54) is 19.2 Å². The predicted molar refractivity (Wildman–Crippen MR) is 68.9 cm³/mol. The van der Waals surface area contributed by atoms with Crippen LogP contribution in [0.5, 0.6) is 0 Å². The molecule has 2 heterocycles. The third kappa shape index (κ3) is 2.06. The molecule has 3 rings (SSSR count). The maximum atomic E-state index is 9.20. The van der Waals surface area contributed by atoms with E-state index in [2.05, 4.69) is 26.0 Å². The molecule has 0 saturated heterocycles. The van der Waals surface area contributed by atoms with Crippen molar-refractivity contribution >= 4 is 22.9 Å². The summed E-state index contributed by atoms with van der Waals surface area (Å²) in [6.07, 6.45) is 7.63. The number of aromatic nitrogens is 4. The lowest BCUT2D eigenvalue weighted by atomic mass is 9.90. The Morgan fingerprint density at radius 1 is 1.28 bits per heavy atom. The highest BCUT2D eigenvalue weighted by molar-refractivity contribution is 8.00. The van der Waals surface area contributed by atoms with Crippen LogP contribution in [-0.2, 0) is 0 Å². The molecule has 2 unspecified atom stereocenters. The van der Waals surface area contributed by atoms with Crippen LogP contribution in [0, 0.1) is 17.2 Å². The van der Waals surface area contributed by atoms with Gasteiger partial charge in [-0.15, -0.1) is 0 Å². The molecule has 2 aromatic rings. The van der Waals surface area contributed by atoms with Crippen LogP contribution in [0.2, 0.25) is 0 Å². The Kier molecular flexibility index (Phi) is 3.15. The first kappa shape index (κ1) is 11.5. The molecule has 0 aromatic carbocycles. The number of nitrogens with zero attached hydrogens (tertiary/aromatic N) is 4. The molecule has 5 nitrogen and oxygen atoms in total. The molecule has 92 valence electrons. The van der Waals surface area contributed by atoms with Crippen LogP contribution in [0.25, 0.3) is 11.2 Å². The Balaban J connectivity index is 1.87. The van der Waals surface area contributed by atoms with Gasteiger partial charge in [-0.1, -0.05) is 24.6 Å². The molecule has 18 heavy (non-hydrogen) atoms. The number of aromatic amines is 1. The fraction of sp³-hybridized carbons (Fsp3) is 0.500. The summed E-state index contributed by atoms with van der Waals surface area (Å²) in [6, 6.07) is 2.43. The average molecular weight is 259 g/mol. The van der Waals surface area contributed by atoms with Gasteiger partial charge < -0.3 is 4.98 Å². The number of hydrogen-bond donors (Lipinski definition) is 1. The summed E-state index contributed by atoms with van der Waals surface area (Å²) in [5.74, 6) is 0.136. The maximum absolute atomic E-state index is 9.20. The lowest BCUT2D eigenvalue weighted by molar-refractivity contribution is 0.439. The molecule has 2 atom stereocenters. The molecule has 1 aliphatic rings. The largest absolute Gasteiger partial charge is 0.341 e. The van der Waals surface area contributed by atoms with E-state index in [0.717, 1.165) is 23.4 Å². The van der Waals surface area contributed by atoms with Gasteiger partial charge >= 0.3 is 0 Å². The van der Waals surface area contributed by atoms with E-state index in [-0.39, 0.29) is 5.92 Å². The van der Waals surface area contributed by atoms with Crippen LogP contribution in [0.4, 0.5) is 0 Å². The van der Waals surface area contributed by atoms with E-state index in [1.54, 1.807) is 18.1 Å². The monoisotopic (exact) mass is 259 g/mol. The molecule has 1 saturated carbocycles. The molecule has 0 radical (unpaired) electrons. The van der Waals surface area contributed by atoms with Gasteiger partial charge in [0, 0.05) is 5.25 Å². The third-order valence-corrected chi connectivity index (χ3v) is 4.72. The Labute approximate surface area is 109 Å². The lowest BCUT2D eigenvalue weighted by Crippen LogP contribution is -2.20. The second-order valence-electron chi connectivity index (χ2n) is 4.46. The zero-order valence-corrected chi connectivity index (χ0v) is 10.7. The lowest BCUT2D eigenvalue weighted by Gasteiger charge is -2.25. The van der Waals surface area contributed by atoms with Gasteiger partial charge in [-0.2, -0.15) is 5.26 Å². The summed E-state index contributed by atoms with van der Waals surface area (Å²) in [6.45, 7) is 0. The van der Waals surface area contributed by atoms with Crippen LogP contribution in [0.3, 0.4) is 0 Å². The van der Waals surface area contributed by atoms with Gasteiger partial charge in [-0.3, -0.25) is 0 Å². The van der Waals surface area contributed by atoms with Crippen LogP contribution < -0.4 is 0 Å². The highest BCUT2D eigenvalue weighted by Crippen LogP contribution is 2.37. The van der Waals surface area contributed by atoms with Crippen LogP contribution in [0.1, 0.15) is 25.7 Å². The highest BCUT2D eigenvalue weighted by atomic mass is 32.2. The second-order valence-corrected chi connectivity index (χ2v) is 5.68. The number of nitriles is 1. The van der Waals surface area contributed by atoms with Gasteiger partial charge in [0.25, 0.3) is 0 Å². The van der Waals surface area contributed by atoms with Crippen molar-refractivity contribution in [1.82, 2.24) is 19.9 Å². The Hall–Kier alpha value is -1.61. The van der Waals surface area contributed by atoms with Gasteiger partial charge in [0.05, 0.1) is 18.3 Å². The number of H-pyrrole nitrogens is 1. The van der Waals surface area contributed by atoms with Crippen LogP contribution in [-0.4, -0.2) is 25.2 Å². The third-order valence-electron chi connectivity index (χ3n) is 3.32. The SMILES string of the molecule is N#CC1CCCCC1Sc1ncnc2nc[nH]c12. The van der Waals surface area contributed by atoms with E-state index in [1.807, 2.05) is 0 Å². The second kappa shape index (κ2) is 4.94. The fourth-order valence-electron chi connectivity index (χ4n) is 2.36. The number of nitrogens with one attached hydrogen (secondary N) is 1. The van der Waals surface area contributed by atoms with Crippen molar-refractivity contribution in [2.75, 3.05) is 0 Å². The van der Waals surface area contributed by atoms with E-state index < -0.39 is 0 Å². The molecule has 1 N–H and O–H groups in total. The van der Waals surface area contributed by atoms with Gasteiger partial charge in [-0.05, 0) is 12.8 Å². The van der Waals surface area contributed by atoms with Crippen molar-refractivity contribution in [3.63, 3.8) is 0 Å². The zero-order valence-electron chi connectivity index (χ0n) is 9.83. The first-order chi connectivity index (χ1) is 8.88. The predicted octanol–water partition coefficient (Wildman–Crippen LogP) is 2.53. The average Bonchev–Trinajstić information content (AvgIpc) is 2.89. The summed E-state index contributed by atoms with van der Waals surface area (Å²) < 4.78 is 0. The molecule has 6 heteroatoms.